The Balaban J connectivity index is 0.000000154. The molecule has 63 heavy (non-hydrogen) atoms. The van der Waals surface area contributed by atoms with Crippen LogP contribution in [0.5, 0.6) is 0 Å². The lowest BCUT2D eigenvalue weighted by molar-refractivity contribution is 0.00578. The predicted octanol–water partition coefficient (Wildman–Crippen LogP) is 14.8. The van der Waals surface area contributed by atoms with Crippen LogP contribution in [0.15, 0.2) is 123 Å². The van der Waals surface area contributed by atoms with Crippen LogP contribution >= 0.6 is 93.1 Å². The minimum absolute atomic E-state index is 0.138. The summed E-state index contributed by atoms with van der Waals surface area (Å²) in [6.45, 7) is 18.0. The first-order valence-electron chi connectivity index (χ1n) is 19.5. The van der Waals surface area contributed by atoms with Gasteiger partial charge in [-0.2, -0.15) is 0 Å². The van der Waals surface area contributed by atoms with Gasteiger partial charge in [0.15, 0.2) is 17.3 Å². The van der Waals surface area contributed by atoms with Crippen molar-refractivity contribution in [3.8, 4) is 31.7 Å². The monoisotopic (exact) mass is 1110 g/mol. The summed E-state index contributed by atoms with van der Waals surface area (Å²) in [5, 5.41) is 9.46. The molecular weight excluding hydrogens is 1070 g/mol. The van der Waals surface area contributed by atoms with E-state index in [0.29, 0.717) is 0 Å². The van der Waals surface area contributed by atoms with Crippen LogP contribution in [0.4, 0.5) is 11.4 Å². The van der Waals surface area contributed by atoms with Gasteiger partial charge in [-0.25, -0.2) is 0 Å². The number of carbonyl (C=O) groups is 1. The first-order chi connectivity index (χ1) is 29.7. The van der Waals surface area contributed by atoms with E-state index in [1.165, 1.54) is 42.3 Å². The maximum atomic E-state index is 10.8. The largest absolute Gasteiger partial charge is 0.494 e. The SMILES string of the molecule is CC(=O)c1cc(C)c(Br)s1.CC1(C)OB(c2ccc(N)cc2)OC1(C)C.Cc1cc(-c2ccno2)sc1-c1ccc(N)cc1.Cc1cc(-c2ccno2)sc1Br.Cc1ccsc1Br. The molecule has 9 nitrogen and oxygen atoms in total. The Morgan fingerprint density at radius 3 is 1.49 bits per heavy atom. The predicted molar refractivity (Wildman–Crippen MR) is 277 cm³/mol. The number of ketones is 1. The zero-order valence-electron chi connectivity index (χ0n) is 36.2. The summed E-state index contributed by atoms with van der Waals surface area (Å²) in [6, 6.07) is 27.4. The molecule has 0 amide bonds. The number of halogens is 3. The van der Waals surface area contributed by atoms with Crippen LogP contribution in [-0.4, -0.2) is 34.4 Å². The Hall–Kier alpha value is -3.65. The van der Waals surface area contributed by atoms with Crippen molar-refractivity contribution in [3.63, 3.8) is 0 Å². The Labute approximate surface area is 410 Å². The molecule has 0 radical (unpaired) electrons. The molecule has 6 aromatic heterocycles. The van der Waals surface area contributed by atoms with Crippen LogP contribution in [0.25, 0.3) is 31.7 Å². The molecular formula is C46H48BBr3N4O5S4. The van der Waals surface area contributed by atoms with Gasteiger partial charge in [-0.05, 0) is 197 Å². The molecule has 0 atom stereocenters. The fourth-order valence-electron chi connectivity index (χ4n) is 5.41. The topological polar surface area (TPSA) is 140 Å². The van der Waals surface area contributed by atoms with E-state index < -0.39 is 0 Å². The maximum absolute atomic E-state index is 10.8. The zero-order valence-corrected chi connectivity index (χ0v) is 44.3. The number of nitrogen functional groups attached to an aromatic ring is 2. The molecule has 1 fully saturated rings. The van der Waals surface area contributed by atoms with E-state index in [9.17, 15) is 4.79 Å². The van der Waals surface area contributed by atoms with Gasteiger partial charge in [0.25, 0.3) is 0 Å². The summed E-state index contributed by atoms with van der Waals surface area (Å²) < 4.78 is 25.5. The maximum Gasteiger partial charge on any atom is 0.494 e. The lowest BCUT2D eigenvalue weighted by atomic mass is 9.79. The Morgan fingerprint density at radius 1 is 0.619 bits per heavy atom. The van der Waals surface area contributed by atoms with Crippen LogP contribution in [0.1, 0.15) is 66.5 Å². The number of carbonyl (C=O) groups excluding carboxylic acids is 1. The molecule has 0 saturated carbocycles. The molecule has 1 aliphatic heterocycles. The second-order valence-corrected chi connectivity index (χ2v) is 23.3. The second kappa shape index (κ2) is 22.5. The fourth-order valence-corrected chi connectivity index (χ4v) is 10.6. The van der Waals surface area contributed by atoms with Gasteiger partial charge in [0, 0.05) is 28.4 Å². The zero-order chi connectivity index (χ0) is 46.1. The van der Waals surface area contributed by atoms with Gasteiger partial charge in [0.05, 0.1) is 49.6 Å². The van der Waals surface area contributed by atoms with Crippen molar-refractivity contribution < 1.29 is 23.1 Å². The third-order valence-corrected chi connectivity index (χ3v) is 17.5. The van der Waals surface area contributed by atoms with E-state index in [4.69, 9.17) is 29.8 Å². The summed E-state index contributed by atoms with van der Waals surface area (Å²) in [5.41, 5.74) is 19.4. The van der Waals surface area contributed by atoms with E-state index >= 15 is 0 Å². The minimum atomic E-state index is -0.300. The van der Waals surface area contributed by atoms with Crippen LogP contribution in [0, 0.1) is 27.7 Å². The average Bonchev–Trinajstić information content (AvgIpc) is 4.11. The average molecular weight is 1120 g/mol. The Bertz CT molecular complexity index is 2600. The van der Waals surface area contributed by atoms with Gasteiger partial charge >= 0.3 is 7.12 Å². The smallest absolute Gasteiger partial charge is 0.399 e. The van der Waals surface area contributed by atoms with Crippen LogP contribution in [0.2, 0.25) is 0 Å². The quantitative estimate of drug-likeness (QED) is 0.0979. The van der Waals surface area contributed by atoms with Gasteiger partial charge in [-0.1, -0.05) is 34.6 Å². The number of rotatable bonds is 5. The molecule has 8 aromatic rings. The van der Waals surface area contributed by atoms with Crippen molar-refractivity contribution in [3.05, 3.63) is 141 Å². The molecule has 17 heteroatoms. The van der Waals surface area contributed by atoms with Crippen LogP contribution < -0.4 is 16.9 Å². The minimum Gasteiger partial charge on any atom is -0.399 e. The summed E-state index contributed by atoms with van der Waals surface area (Å²) in [6.07, 6.45) is 3.31. The first kappa shape index (κ1) is 50.4. The normalized spacial score (nSPS) is 13.4. The molecule has 7 heterocycles. The van der Waals surface area contributed by atoms with Crippen molar-refractivity contribution in [2.45, 2.75) is 73.5 Å². The Morgan fingerprint density at radius 2 is 1.11 bits per heavy atom. The standard InChI is InChI=1S/C14H12N2OS.C12H18BNO2.C8H6BrNOS.C7H7BrOS.C5H5BrS/c1-9-8-13(12-6-7-16-17-12)18-14(9)10-2-4-11(15)5-3-10;1-11(2)12(3,4)16-13(15-11)9-5-7-10(14)8-6-9;1-5-4-7(12-8(5)9)6-2-3-10-11-6;1-4-3-6(5(2)9)10-7(4)8;1-4-2-3-7-5(4)6/h2-8H,15H2,1H3;5-8H,14H2,1-4H3;2-4H,1H3;3H,1-2H3;2-3H,1H3. The Kier molecular flexibility index (Phi) is 18.0. The van der Waals surface area contributed by atoms with Gasteiger partial charge in [0.1, 0.15) is 0 Å². The number of benzene rings is 2. The van der Waals surface area contributed by atoms with Crippen LogP contribution in [-0.2, 0) is 9.31 Å². The molecule has 330 valence electrons. The number of aromatic nitrogens is 2. The molecule has 0 unspecified atom stereocenters. The third kappa shape index (κ3) is 13.9. The number of hydrogen-bond donors (Lipinski definition) is 2. The molecule has 1 saturated heterocycles. The highest BCUT2D eigenvalue weighted by Gasteiger charge is 2.51. The lowest BCUT2D eigenvalue weighted by Crippen LogP contribution is -2.41. The summed E-state index contributed by atoms with van der Waals surface area (Å²) in [7, 11) is -0.300. The van der Waals surface area contributed by atoms with E-state index in [1.54, 1.807) is 53.3 Å². The van der Waals surface area contributed by atoms with Crippen molar-refractivity contribution in [2.75, 3.05) is 11.5 Å². The molecule has 1 aliphatic rings. The molecule has 0 aliphatic carbocycles. The number of anilines is 2. The van der Waals surface area contributed by atoms with E-state index in [-0.39, 0.29) is 24.1 Å². The number of hydrogen-bond acceptors (Lipinski definition) is 13. The highest BCUT2D eigenvalue weighted by atomic mass is 79.9. The molecule has 0 spiro atoms. The highest BCUT2D eigenvalue weighted by molar-refractivity contribution is 9.11. The number of aryl methyl sites for hydroxylation is 4. The fraction of sp³-hybridized carbons (Fsp3) is 0.239. The van der Waals surface area contributed by atoms with Crippen molar-refractivity contribution in [1.82, 2.24) is 10.3 Å². The highest BCUT2D eigenvalue weighted by Crippen LogP contribution is 2.39. The molecule has 2 aromatic carbocycles. The molecule has 9 rings (SSSR count). The third-order valence-electron chi connectivity index (χ3n) is 9.77. The van der Waals surface area contributed by atoms with Gasteiger partial charge in [0.2, 0.25) is 0 Å². The van der Waals surface area contributed by atoms with Gasteiger partial charge < -0.3 is 29.8 Å². The summed E-state index contributed by atoms with van der Waals surface area (Å²) in [4.78, 5) is 15.1. The van der Waals surface area contributed by atoms with E-state index in [1.807, 2.05) is 101 Å². The van der Waals surface area contributed by atoms with Crippen molar-refractivity contribution in [2.24, 2.45) is 0 Å². The summed E-state index contributed by atoms with van der Waals surface area (Å²) >= 11 is 16.8. The van der Waals surface area contributed by atoms with Crippen molar-refractivity contribution >= 4 is 123 Å². The summed E-state index contributed by atoms with van der Waals surface area (Å²) in [5.74, 6) is 1.78. The van der Waals surface area contributed by atoms with Gasteiger partial charge in [-0.3, -0.25) is 4.79 Å². The lowest BCUT2D eigenvalue weighted by Gasteiger charge is -2.32. The van der Waals surface area contributed by atoms with Crippen molar-refractivity contribution in [1.29, 1.82) is 0 Å². The van der Waals surface area contributed by atoms with Crippen LogP contribution in [0.3, 0.4) is 0 Å². The first-order valence-corrected chi connectivity index (χ1v) is 25.2. The second-order valence-electron chi connectivity index (χ2n) is 15.3. The number of Topliss-reactive ketones (excluding diaryl/α,β-unsaturated/α-hetero) is 1. The number of nitrogens with zero attached hydrogens (tertiary/aromatic N) is 2. The number of thiophene rings is 4. The molecule has 0 bridgehead atoms. The van der Waals surface area contributed by atoms with Gasteiger partial charge in [-0.15, -0.1) is 45.3 Å². The van der Waals surface area contributed by atoms with E-state index in [0.717, 1.165) is 56.1 Å². The molecule has 4 N–H and O–H groups in total. The van der Waals surface area contributed by atoms with E-state index in [2.05, 4.69) is 102 Å². The number of nitrogens with two attached hydrogens (primary N) is 2.